The molecule has 0 radical (unpaired) electrons. The summed E-state index contributed by atoms with van der Waals surface area (Å²) >= 11 is 0. The number of anilines is 2. The number of carbonyl (C=O) groups excluding carboxylic acids is 1. The molecule has 8 heteroatoms. The van der Waals surface area contributed by atoms with Crippen molar-refractivity contribution in [1.29, 1.82) is 0 Å². The number of rotatable bonds is 5. The van der Waals surface area contributed by atoms with E-state index in [0.29, 0.717) is 36.1 Å². The molecule has 1 atom stereocenters. The van der Waals surface area contributed by atoms with Gasteiger partial charge in [-0.25, -0.2) is 0 Å². The number of aromatic nitrogens is 4. The van der Waals surface area contributed by atoms with Gasteiger partial charge < -0.3 is 15.0 Å². The van der Waals surface area contributed by atoms with Crippen molar-refractivity contribution in [2.45, 2.75) is 44.1 Å². The molecule has 2 fully saturated rings. The molecule has 1 aliphatic heterocycles. The number of Topliss-reactive ketones (excluding diaryl/α,β-unsaturated/α-hetero) is 1. The van der Waals surface area contributed by atoms with Gasteiger partial charge in [-0.05, 0) is 26.3 Å². The molecule has 0 spiro atoms. The average Bonchev–Trinajstić information content (AvgIpc) is 3.26. The van der Waals surface area contributed by atoms with Crippen molar-refractivity contribution in [3.05, 3.63) is 24.2 Å². The van der Waals surface area contributed by atoms with Crippen LogP contribution in [0.2, 0.25) is 0 Å². The highest BCUT2D eigenvalue weighted by molar-refractivity contribution is 5.81. The topological polar surface area (TPSA) is 96.0 Å². The summed E-state index contributed by atoms with van der Waals surface area (Å²) in [5.74, 6) is 2.36. The Morgan fingerprint density at radius 3 is 2.85 bits per heavy atom. The van der Waals surface area contributed by atoms with Crippen LogP contribution < -0.4 is 10.1 Å². The summed E-state index contributed by atoms with van der Waals surface area (Å²) in [6, 6.07) is 1.94. The quantitative estimate of drug-likeness (QED) is 0.848. The van der Waals surface area contributed by atoms with E-state index < -0.39 is 0 Å². The fourth-order valence-corrected chi connectivity index (χ4v) is 3.56. The fourth-order valence-electron chi connectivity index (χ4n) is 3.56. The lowest BCUT2D eigenvalue weighted by Crippen LogP contribution is -2.35. The van der Waals surface area contributed by atoms with Gasteiger partial charge in [0.05, 0.1) is 12.4 Å². The Balaban J connectivity index is 1.38. The Morgan fingerprint density at radius 2 is 2.08 bits per heavy atom. The highest BCUT2D eigenvalue weighted by Gasteiger charge is 2.25. The van der Waals surface area contributed by atoms with Crippen molar-refractivity contribution >= 4 is 17.4 Å². The van der Waals surface area contributed by atoms with Gasteiger partial charge in [0.1, 0.15) is 11.9 Å². The summed E-state index contributed by atoms with van der Waals surface area (Å²) in [6.45, 7) is 2.07. The van der Waals surface area contributed by atoms with Crippen molar-refractivity contribution < 1.29 is 9.53 Å². The SMILES string of the molecule is CN1CCC(Oc2cncc(Nc3cc([C@@H]4CCC(=O)C4)[nH]n3)n2)CC1. The molecule has 1 saturated heterocycles. The normalized spacial score (nSPS) is 21.9. The number of likely N-dealkylation sites (tertiary alicyclic amines) is 1. The molecule has 138 valence electrons. The summed E-state index contributed by atoms with van der Waals surface area (Å²) in [5, 5.41) is 10.5. The molecule has 8 nitrogen and oxygen atoms in total. The van der Waals surface area contributed by atoms with E-state index in [9.17, 15) is 4.79 Å². The first kappa shape index (κ1) is 17.0. The first-order chi connectivity index (χ1) is 12.7. The van der Waals surface area contributed by atoms with Gasteiger partial charge >= 0.3 is 0 Å². The molecule has 2 aliphatic rings. The number of piperidine rings is 1. The summed E-state index contributed by atoms with van der Waals surface area (Å²) in [4.78, 5) is 22.5. The Kier molecular flexibility index (Phi) is 4.83. The van der Waals surface area contributed by atoms with Gasteiger partial charge in [-0.15, -0.1) is 0 Å². The Hall–Kier alpha value is -2.48. The van der Waals surface area contributed by atoms with E-state index in [1.807, 2.05) is 6.07 Å². The molecule has 0 amide bonds. The molecule has 1 saturated carbocycles. The van der Waals surface area contributed by atoms with Crippen LogP contribution in [0.5, 0.6) is 5.88 Å². The number of aromatic amines is 1. The Morgan fingerprint density at radius 1 is 1.23 bits per heavy atom. The maximum absolute atomic E-state index is 11.5. The van der Waals surface area contributed by atoms with Crippen LogP contribution in [0.3, 0.4) is 0 Å². The highest BCUT2D eigenvalue weighted by atomic mass is 16.5. The van der Waals surface area contributed by atoms with Crippen molar-refractivity contribution in [2.75, 3.05) is 25.5 Å². The number of ketones is 1. The molecule has 2 aromatic heterocycles. The van der Waals surface area contributed by atoms with Crippen molar-refractivity contribution in [2.24, 2.45) is 0 Å². The van der Waals surface area contributed by atoms with E-state index in [2.05, 4.69) is 37.4 Å². The smallest absolute Gasteiger partial charge is 0.234 e. The maximum Gasteiger partial charge on any atom is 0.234 e. The van der Waals surface area contributed by atoms with Crippen LogP contribution in [0, 0.1) is 0 Å². The van der Waals surface area contributed by atoms with E-state index in [-0.39, 0.29) is 12.0 Å². The molecule has 26 heavy (non-hydrogen) atoms. The van der Waals surface area contributed by atoms with Crippen LogP contribution in [0.25, 0.3) is 0 Å². The molecule has 1 aliphatic carbocycles. The summed E-state index contributed by atoms with van der Waals surface area (Å²) in [7, 11) is 2.13. The first-order valence-corrected chi connectivity index (χ1v) is 9.17. The number of nitrogens with one attached hydrogen (secondary N) is 2. The second kappa shape index (κ2) is 7.41. The van der Waals surface area contributed by atoms with E-state index in [0.717, 1.165) is 38.0 Å². The standard InChI is InChI=1S/C18H24N6O2/c1-24-6-4-14(5-7-24)26-18-11-19-10-17(21-18)20-16-9-15(22-23-16)12-2-3-13(25)8-12/h9-12,14H,2-8H2,1H3,(H2,20,21,22,23)/t12-/m1/s1. The minimum atomic E-state index is 0.188. The van der Waals surface area contributed by atoms with Crippen LogP contribution in [0.15, 0.2) is 18.5 Å². The molecule has 2 N–H and O–H groups in total. The second-order valence-electron chi connectivity index (χ2n) is 7.17. The lowest BCUT2D eigenvalue weighted by atomic mass is 10.0. The zero-order chi connectivity index (χ0) is 17.9. The third-order valence-electron chi connectivity index (χ3n) is 5.10. The second-order valence-corrected chi connectivity index (χ2v) is 7.17. The Labute approximate surface area is 152 Å². The monoisotopic (exact) mass is 356 g/mol. The molecule has 0 bridgehead atoms. The van der Waals surface area contributed by atoms with Gasteiger partial charge in [0.15, 0.2) is 11.6 Å². The van der Waals surface area contributed by atoms with Crippen molar-refractivity contribution in [3.63, 3.8) is 0 Å². The number of hydrogen-bond donors (Lipinski definition) is 2. The molecule has 3 heterocycles. The van der Waals surface area contributed by atoms with Crippen molar-refractivity contribution in [3.8, 4) is 5.88 Å². The van der Waals surface area contributed by atoms with E-state index in [4.69, 9.17) is 4.74 Å². The summed E-state index contributed by atoms with van der Waals surface area (Å²) < 4.78 is 5.97. The minimum absolute atomic E-state index is 0.188. The van der Waals surface area contributed by atoms with Gasteiger partial charge in [-0.3, -0.25) is 14.9 Å². The third-order valence-corrected chi connectivity index (χ3v) is 5.10. The number of H-pyrrole nitrogens is 1. The van der Waals surface area contributed by atoms with Crippen molar-refractivity contribution in [1.82, 2.24) is 25.1 Å². The molecular weight excluding hydrogens is 332 g/mol. The van der Waals surface area contributed by atoms with Gasteiger partial charge in [-0.1, -0.05) is 0 Å². The molecule has 0 aromatic carbocycles. The van der Waals surface area contributed by atoms with Crippen LogP contribution >= 0.6 is 0 Å². The lowest BCUT2D eigenvalue weighted by Gasteiger charge is -2.28. The summed E-state index contributed by atoms with van der Waals surface area (Å²) in [5.41, 5.74) is 0.991. The third kappa shape index (κ3) is 4.01. The zero-order valence-corrected chi connectivity index (χ0v) is 14.9. The minimum Gasteiger partial charge on any atom is -0.473 e. The number of ether oxygens (including phenoxy) is 1. The van der Waals surface area contributed by atoms with Crippen LogP contribution in [0.1, 0.15) is 43.7 Å². The fraction of sp³-hybridized carbons (Fsp3) is 0.556. The largest absolute Gasteiger partial charge is 0.473 e. The first-order valence-electron chi connectivity index (χ1n) is 9.17. The van der Waals surface area contributed by atoms with E-state index in [1.54, 1.807) is 12.4 Å². The maximum atomic E-state index is 11.5. The molecule has 0 unspecified atom stereocenters. The zero-order valence-electron chi connectivity index (χ0n) is 14.9. The van der Waals surface area contributed by atoms with Crippen LogP contribution in [-0.4, -0.2) is 57.1 Å². The molecule has 2 aromatic rings. The molecular formula is C18H24N6O2. The predicted octanol–water partition coefficient (Wildman–Crippen LogP) is 2.25. The van der Waals surface area contributed by atoms with Crippen LogP contribution in [0.4, 0.5) is 11.6 Å². The van der Waals surface area contributed by atoms with E-state index >= 15 is 0 Å². The highest BCUT2D eigenvalue weighted by Crippen LogP contribution is 2.32. The molecule has 4 rings (SSSR count). The number of hydrogen-bond acceptors (Lipinski definition) is 7. The lowest BCUT2D eigenvalue weighted by molar-refractivity contribution is -0.117. The van der Waals surface area contributed by atoms with Gasteiger partial charge in [0, 0.05) is 43.6 Å². The van der Waals surface area contributed by atoms with Gasteiger partial charge in [-0.2, -0.15) is 10.1 Å². The summed E-state index contributed by atoms with van der Waals surface area (Å²) in [6.07, 6.45) is 7.62. The number of nitrogens with zero attached hydrogens (tertiary/aromatic N) is 4. The number of carbonyl (C=O) groups is 1. The predicted molar refractivity (Wildman–Crippen MR) is 96.6 cm³/mol. The van der Waals surface area contributed by atoms with E-state index in [1.165, 1.54) is 0 Å². The Bertz CT molecular complexity index is 769. The van der Waals surface area contributed by atoms with Crippen LogP contribution in [-0.2, 0) is 4.79 Å². The van der Waals surface area contributed by atoms with Gasteiger partial charge in [0.25, 0.3) is 0 Å². The average molecular weight is 356 g/mol. The van der Waals surface area contributed by atoms with Gasteiger partial charge in [0.2, 0.25) is 5.88 Å².